The van der Waals surface area contributed by atoms with Crippen LogP contribution in [0, 0.1) is 14.9 Å². The molecule has 4 heteroatoms. The van der Waals surface area contributed by atoms with Crippen molar-refractivity contribution < 1.29 is 0 Å². The van der Waals surface area contributed by atoms with Crippen molar-refractivity contribution >= 4 is 28.2 Å². The van der Waals surface area contributed by atoms with Crippen LogP contribution < -0.4 is 0 Å². The van der Waals surface area contributed by atoms with E-state index in [4.69, 9.17) is 5.26 Å². The Kier molecular flexibility index (Phi) is 2.19. The summed E-state index contributed by atoms with van der Waals surface area (Å²) in [5.74, 6) is 0. The lowest BCUT2D eigenvalue weighted by Crippen LogP contribution is -1.83. The van der Waals surface area contributed by atoms with Gasteiger partial charge in [-0.25, -0.2) is 4.98 Å². The van der Waals surface area contributed by atoms with Crippen molar-refractivity contribution in [2.24, 2.45) is 0 Å². The highest BCUT2D eigenvalue weighted by atomic mass is 127. The van der Waals surface area contributed by atoms with Crippen LogP contribution in [0.4, 0.5) is 0 Å². The minimum absolute atomic E-state index is 0.373. The molecule has 0 spiro atoms. The highest BCUT2D eigenvalue weighted by Gasteiger charge is 2.02. The number of nitriles is 1. The molecule has 0 aliphatic rings. The minimum atomic E-state index is 0.373. The predicted octanol–water partition coefficient (Wildman–Crippen LogP) is 2.00. The van der Waals surface area contributed by atoms with Crippen LogP contribution in [0.25, 0.3) is 5.65 Å². The Balaban J connectivity index is 2.63. The molecule has 0 aliphatic carbocycles. The topological polar surface area (TPSA) is 41.1 Å². The molecule has 3 nitrogen and oxygen atoms in total. The number of halogens is 1. The van der Waals surface area contributed by atoms with Gasteiger partial charge in [-0.15, -0.1) is 0 Å². The van der Waals surface area contributed by atoms with Gasteiger partial charge in [-0.2, -0.15) is 5.26 Å². The molecule has 0 aliphatic heterocycles. The van der Waals surface area contributed by atoms with Gasteiger partial charge in [-0.3, -0.25) is 0 Å². The number of aromatic nitrogens is 2. The quantitative estimate of drug-likeness (QED) is 0.751. The number of nitrogens with zero attached hydrogens (tertiary/aromatic N) is 3. The van der Waals surface area contributed by atoms with Crippen LogP contribution in [-0.2, 0) is 6.42 Å². The van der Waals surface area contributed by atoms with Gasteiger partial charge in [0.05, 0.1) is 21.8 Å². The zero-order valence-electron chi connectivity index (χ0n) is 6.74. The Morgan fingerprint density at radius 2 is 2.46 bits per heavy atom. The molecule has 0 saturated heterocycles. The van der Waals surface area contributed by atoms with E-state index >= 15 is 0 Å². The van der Waals surface area contributed by atoms with Crippen molar-refractivity contribution in [3.8, 4) is 6.07 Å². The molecule has 0 saturated carbocycles. The maximum atomic E-state index is 8.51. The van der Waals surface area contributed by atoms with Crippen molar-refractivity contribution in [1.82, 2.24) is 9.38 Å². The lowest BCUT2D eigenvalue weighted by atomic mass is 10.4. The van der Waals surface area contributed by atoms with Gasteiger partial charge >= 0.3 is 0 Å². The average Bonchev–Trinajstić information content (AvgIpc) is 2.49. The molecule has 2 aromatic heterocycles. The minimum Gasteiger partial charge on any atom is -0.306 e. The normalized spacial score (nSPS) is 10.2. The van der Waals surface area contributed by atoms with Gasteiger partial charge in [0.25, 0.3) is 0 Å². The summed E-state index contributed by atoms with van der Waals surface area (Å²) < 4.78 is 3.04. The fourth-order valence-corrected chi connectivity index (χ4v) is 1.80. The molecular weight excluding hydrogens is 277 g/mol. The summed E-state index contributed by atoms with van der Waals surface area (Å²) in [6, 6.07) is 6.05. The van der Waals surface area contributed by atoms with E-state index in [1.807, 2.05) is 28.9 Å². The van der Waals surface area contributed by atoms with Crippen LogP contribution in [-0.4, -0.2) is 9.38 Å². The second kappa shape index (κ2) is 3.34. The van der Waals surface area contributed by atoms with Crippen molar-refractivity contribution in [2.75, 3.05) is 0 Å². The molecule has 13 heavy (non-hydrogen) atoms. The smallest absolute Gasteiger partial charge is 0.150 e. The molecule has 0 radical (unpaired) electrons. The molecule has 2 aromatic rings. The SMILES string of the molecule is N#CCc1cn2cccc(I)c2n1. The molecule has 0 atom stereocenters. The summed E-state index contributed by atoms with van der Waals surface area (Å²) in [6.07, 6.45) is 4.20. The third-order valence-electron chi connectivity index (χ3n) is 1.75. The van der Waals surface area contributed by atoms with Gasteiger partial charge in [-0.1, -0.05) is 0 Å². The van der Waals surface area contributed by atoms with Gasteiger partial charge < -0.3 is 4.40 Å². The third-order valence-corrected chi connectivity index (χ3v) is 2.59. The fraction of sp³-hybridized carbons (Fsp3) is 0.111. The number of hydrogen-bond acceptors (Lipinski definition) is 2. The standard InChI is InChI=1S/C9H6IN3/c10-8-2-1-5-13-6-7(3-4-11)12-9(8)13/h1-2,5-6H,3H2. The van der Waals surface area contributed by atoms with Gasteiger partial charge in [0.15, 0.2) is 5.65 Å². The second-order valence-corrected chi connectivity index (χ2v) is 3.82. The number of pyridine rings is 1. The highest BCUT2D eigenvalue weighted by molar-refractivity contribution is 14.1. The van der Waals surface area contributed by atoms with Gasteiger partial charge in [-0.05, 0) is 34.7 Å². The van der Waals surface area contributed by atoms with Crippen molar-refractivity contribution in [3.63, 3.8) is 0 Å². The Bertz CT molecular complexity index is 481. The van der Waals surface area contributed by atoms with Crippen LogP contribution in [0.3, 0.4) is 0 Å². The largest absolute Gasteiger partial charge is 0.306 e. The molecule has 2 heterocycles. The summed E-state index contributed by atoms with van der Waals surface area (Å²) >= 11 is 2.23. The first-order valence-electron chi connectivity index (χ1n) is 3.80. The molecule has 2 rings (SSSR count). The first kappa shape index (κ1) is 8.51. The summed E-state index contributed by atoms with van der Waals surface area (Å²) in [6.45, 7) is 0. The fourth-order valence-electron chi connectivity index (χ4n) is 1.20. The maximum absolute atomic E-state index is 8.51. The lowest BCUT2D eigenvalue weighted by Gasteiger charge is -1.92. The number of rotatable bonds is 1. The van der Waals surface area contributed by atoms with E-state index in [1.165, 1.54) is 0 Å². The number of imidazole rings is 1. The Hall–Kier alpha value is -1.09. The second-order valence-electron chi connectivity index (χ2n) is 2.65. The molecule has 0 unspecified atom stereocenters. The number of hydrogen-bond donors (Lipinski definition) is 0. The van der Waals surface area contributed by atoms with Gasteiger partial charge in [0.2, 0.25) is 0 Å². The lowest BCUT2D eigenvalue weighted by molar-refractivity contribution is 1.16. The summed E-state index contributed by atoms with van der Waals surface area (Å²) in [5.41, 5.74) is 1.75. The third kappa shape index (κ3) is 1.52. The molecular formula is C9H6IN3. The van der Waals surface area contributed by atoms with E-state index < -0.39 is 0 Å². The van der Waals surface area contributed by atoms with Gasteiger partial charge in [0, 0.05) is 12.4 Å². The molecule has 64 valence electrons. The van der Waals surface area contributed by atoms with E-state index in [2.05, 4.69) is 33.6 Å². The first-order valence-corrected chi connectivity index (χ1v) is 4.88. The van der Waals surface area contributed by atoms with Crippen LogP contribution in [0.5, 0.6) is 0 Å². The molecule has 0 amide bonds. The van der Waals surface area contributed by atoms with Crippen LogP contribution in [0.15, 0.2) is 24.5 Å². The van der Waals surface area contributed by atoms with Crippen molar-refractivity contribution in [1.29, 1.82) is 5.26 Å². The highest BCUT2D eigenvalue weighted by Crippen LogP contribution is 2.13. The summed E-state index contributed by atoms with van der Waals surface area (Å²) in [7, 11) is 0. The van der Waals surface area contributed by atoms with Crippen LogP contribution >= 0.6 is 22.6 Å². The van der Waals surface area contributed by atoms with Crippen molar-refractivity contribution in [2.45, 2.75) is 6.42 Å². The molecule has 0 fully saturated rings. The predicted molar refractivity (Wildman–Crippen MR) is 57.2 cm³/mol. The van der Waals surface area contributed by atoms with E-state index in [9.17, 15) is 0 Å². The van der Waals surface area contributed by atoms with E-state index in [-0.39, 0.29) is 0 Å². The van der Waals surface area contributed by atoms with Crippen LogP contribution in [0.2, 0.25) is 0 Å². The monoisotopic (exact) mass is 283 g/mol. The van der Waals surface area contributed by atoms with E-state index in [0.29, 0.717) is 6.42 Å². The van der Waals surface area contributed by atoms with E-state index in [0.717, 1.165) is 14.9 Å². The maximum Gasteiger partial charge on any atom is 0.150 e. The van der Waals surface area contributed by atoms with Crippen molar-refractivity contribution in [3.05, 3.63) is 33.8 Å². The Morgan fingerprint density at radius 3 is 3.15 bits per heavy atom. The van der Waals surface area contributed by atoms with E-state index in [1.54, 1.807) is 0 Å². The molecule has 0 bridgehead atoms. The first-order chi connectivity index (χ1) is 6.31. The summed E-state index contributed by atoms with van der Waals surface area (Å²) in [5, 5.41) is 8.51. The average molecular weight is 283 g/mol. The Morgan fingerprint density at radius 1 is 1.62 bits per heavy atom. The summed E-state index contributed by atoms with van der Waals surface area (Å²) in [4.78, 5) is 4.33. The zero-order chi connectivity index (χ0) is 9.26. The van der Waals surface area contributed by atoms with Crippen LogP contribution in [0.1, 0.15) is 5.69 Å². The number of fused-ring (bicyclic) bond motifs is 1. The Labute approximate surface area is 89.2 Å². The molecule has 0 N–H and O–H groups in total. The molecule has 0 aromatic carbocycles. The van der Waals surface area contributed by atoms with Gasteiger partial charge in [0.1, 0.15) is 0 Å². The zero-order valence-corrected chi connectivity index (χ0v) is 8.89.